The molecule has 2 amide bonds. The van der Waals surface area contributed by atoms with Crippen LogP contribution < -0.4 is 10.6 Å². The highest BCUT2D eigenvalue weighted by atomic mass is 16.4. The number of aliphatic hydroxyl groups excluding tert-OH is 1. The van der Waals surface area contributed by atoms with E-state index in [0.29, 0.717) is 12.5 Å². The molecule has 1 atom stereocenters. The molecule has 0 radical (unpaired) electrons. The van der Waals surface area contributed by atoms with Gasteiger partial charge in [-0.2, -0.15) is 0 Å². The summed E-state index contributed by atoms with van der Waals surface area (Å²) in [6, 6.07) is -0.432. The number of carboxylic acid groups (broad SMARTS) is 1. The Morgan fingerprint density at radius 1 is 1.32 bits per heavy atom. The minimum atomic E-state index is -1.56. The normalized spacial score (nSPS) is 18.8. The number of amides is 2. The summed E-state index contributed by atoms with van der Waals surface area (Å²) in [6.07, 6.45) is 0.566. The monoisotopic (exact) mass is 273 g/mol. The van der Waals surface area contributed by atoms with Gasteiger partial charge in [-0.05, 0) is 38.4 Å². The number of nitrogens with one attached hydrogen (secondary N) is 2. The first kappa shape index (κ1) is 15.7. The van der Waals surface area contributed by atoms with Crippen molar-refractivity contribution in [2.45, 2.75) is 25.9 Å². The number of aliphatic hydroxyl groups is 1. The minimum Gasteiger partial charge on any atom is -0.479 e. The second kappa shape index (κ2) is 7.96. The topological polar surface area (TPSA) is 102 Å². The maximum absolute atomic E-state index is 11.4. The Kier molecular flexibility index (Phi) is 6.58. The van der Waals surface area contributed by atoms with Crippen molar-refractivity contribution in [3.8, 4) is 0 Å². The van der Waals surface area contributed by atoms with Crippen molar-refractivity contribution < 1.29 is 19.8 Å². The first-order valence-electron chi connectivity index (χ1n) is 6.67. The van der Waals surface area contributed by atoms with Crippen molar-refractivity contribution in [2.75, 3.05) is 32.7 Å². The van der Waals surface area contributed by atoms with Gasteiger partial charge in [-0.25, -0.2) is 9.59 Å². The molecular weight excluding hydrogens is 250 g/mol. The SMILES string of the molecule is CCN1CCC(CNC(=O)NCC(O)C(=O)O)CC1. The lowest BCUT2D eigenvalue weighted by Crippen LogP contribution is -2.44. The van der Waals surface area contributed by atoms with Crippen LogP contribution in [0.25, 0.3) is 0 Å². The summed E-state index contributed by atoms with van der Waals surface area (Å²) in [5, 5.41) is 22.5. The molecule has 0 spiro atoms. The second-order valence-corrected chi connectivity index (χ2v) is 4.82. The smallest absolute Gasteiger partial charge is 0.334 e. The number of hydrogen-bond acceptors (Lipinski definition) is 4. The zero-order valence-electron chi connectivity index (χ0n) is 11.3. The second-order valence-electron chi connectivity index (χ2n) is 4.82. The summed E-state index contributed by atoms with van der Waals surface area (Å²) in [5.74, 6) is -0.870. The molecule has 0 aromatic rings. The molecule has 7 nitrogen and oxygen atoms in total. The molecule has 110 valence electrons. The van der Waals surface area contributed by atoms with Gasteiger partial charge in [0.1, 0.15) is 0 Å². The fourth-order valence-electron chi connectivity index (χ4n) is 2.08. The molecule has 1 rings (SSSR count). The van der Waals surface area contributed by atoms with Crippen LogP contribution in [0.5, 0.6) is 0 Å². The summed E-state index contributed by atoms with van der Waals surface area (Å²) in [6.45, 7) is 5.62. The van der Waals surface area contributed by atoms with Gasteiger partial charge in [0.25, 0.3) is 0 Å². The highest BCUT2D eigenvalue weighted by molar-refractivity contribution is 5.76. The predicted molar refractivity (Wildman–Crippen MR) is 69.9 cm³/mol. The summed E-state index contributed by atoms with van der Waals surface area (Å²) >= 11 is 0. The molecule has 7 heteroatoms. The van der Waals surface area contributed by atoms with E-state index in [1.807, 2.05) is 0 Å². The number of piperidine rings is 1. The van der Waals surface area contributed by atoms with Crippen molar-refractivity contribution in [3.05, 3.63) is 0 Å². The molecule has 1 unspecified atom stereocenters. The maximum atomic E-state index is 11.4. The molecule has 4 N–H and O–H groups in total. The van der Waals surface area contributed by atoms with E-state index in [1.54, 1.807) is 0 Å². The largest absolute Gasteiger partial charge is 0.479 e. The maximum Gasteiger partial charge on any atom is 0.334 e. The van der Waals surface area contributed by atoms with Crippen molar-refractivity contribution in [1.82, 2.24) is 15.5 Å². The first-order valence-corrected chi connectivity index (χ1v) is 6.67. The molecule has 0 saturated carbocycles. The van der Waals surface area contributed by atoms with Crippen LogP contribution in [0.15, 0.2) is 0 Å². The lowest BCUT2D eigenvalue weighted by atomic mass is 9.97. The molecule has 0 bridgehead atoms. The van der Waals surface area contributed by atoms with E-state index in [9.17, 15) is 9.59 Å². The van der Waals surface area contributed by atoms with Crippen LogP contribution in [-0.4, -0.2) is 65.9 Å². The standard InChI is InChI=1S/C12H23N3O4/c1-2-15-5-3-9(4-6-15)7-13-12(19)14-8-10(16)11(17)18/h9-10,16H,2-8H2,1H3,(H,17,18)(H2,13,14,19). The van der Waals surface area contributed by atoms with E-state index >= 15 is 0 Å². The van der Waals surface area contributed by atoms with E-state index in [4.69, 9.17) is 10.2 Å². The van der Waals surface area contributed by atoms with Crippen LogP contribution in [0.4, 0.5) is 4.79 Å². The molecule has 1 fully saturated rings. The van der Waals surface area contributed by atoms with Crippen LogP contribution in [0.1, 0.15) is 19.8 Å². The van der Waals surface area contributed by atoms with Gasteiger partial charge in [0.2, 0.25) is 0 Å². The van der Waals surface area contributed by atoms with Gasteiger partial charge < -0.3 is 25.7 Å². The van der Waals surface area contributed by atoms with Crippen molar-refractivity contribution >= 4 is 12.0 Å². The molecule has 1 aliphatic heterocycles. The number of hydrogen-bond donors (Lipinski definition) is 4. The lowest BCUT2D eigenvalue weighted by molar-refractivity contribution is -0.146. The van der Waals surface area contributed by atoms with E-state index in [1.165, 1.54) is 0 Å². The van der Waals surface area contributed by atoms with Gasteiger partial charge in [-0.15, -0.1) is 0 Å². The Morgan fingerprint density at radius 2 is 1.95 bits per heavy atom. The first-order chi connectivity index (χ1) is 9.02. The van der Waals surface area contributed by atoms with E-state index in [2.05, 4.69) is 22.5 Å². The minimum absolute atomic E-state index is 0.282. The fraction of sp³-hybridized carbons (Fsp3) is 0.833. The number of nitrogens with zero attached hydrogens (tertiary/aromatic N) is 1. The number of carboxylic acids is 1. The molecule has 1 saturated heterocycles. The fourth-order valence-corrected chi connectivity index (χ4v) is 2.08. The third kappa shape index (κ3) is 5.89. The Balaban J connectivity index is 2.12. The average molecular weight is 273 g/mol. The Morgan fingerprint density at radius 3 is 2.47 bits per heavy atom. The van der Waals surface area contributed by atoms with Crippen molar-refractivity contribution in [3.63, 3.8) is 0 Å². The lowest BCUT2D eigenvalue weighted by Gasteiger charge is -2.31. The van der Waals surface area contributed by atoms with E-state index in [0.717, 1.165) is 32.5 Å². The van der Waals surface area contributed by atoms with Crippen molar-refractivity contribution in [1.29, 1.82) is 0 Å². The summed E-state index contributed by atoms with van der Waals surface area (Å²) in [7, 11) is 0. The summed E-state index contributed by atoms with van der Waals surface area (Å²) in [5.41, 5.74) is 0. The number of carbonyl (C=O) groups excluding carboxylic acids is 1. The number of rotatable bonds is 6. The molecule has 0 aromatic carbocycles. The highest BCUT2D eigenvalue weighted by Gasteiger charge is 2.19. The Bertz CT molecular complexity index is 303. The van der Waals surface area contributed by atoms with Gasteiger partial charge >= 0.3 is 12.0 Å². The zero-order valence-corrected chi connectivity index (χ0v) is 11.3. The van der Waals surface area contributed by atoms with Crippen molar-refractivity contribution in [2.24, 2.45) is 5.92 Å². The number of likely N-dealkylation sites (tertiary alicyclic amines) is 1. The number of urea groups is 1. The van der Waals surface area contributed by atoms with E-state index < -0.39 is 18.1 Å². The third-order valence-electron chi connectivity index (χ3n) is 3.45. The van der Waals surface area contributed by atoms with Gasteiger partial charge in [-0.3, -0.25) is 0 Å². The summed E-state index contributed by atoms with van der Waals surface area (Å²) < 4.78 is 0. The third-order valence-corrected chi connectivity index (χ3v) is 3.45. The molecule has 19 heavy (non-hydrogen) atoms. The van der Waals surface area contributed by atoms with Gasteiger partial charge in [0, 0.05) is 6.54 Å². The molecule has 1 heterocycles. The van der Waals surface area contributed by atoms with Crippen LogP contribution in [0.3, 0.4) is 0 Å². The van der Waals surface area contributed by atoms with Crippen LogP contribution in [0, 0.1) is 5.92 Å². The Labute approximate surface area is 113 Å². The van der Waals surface area contributed by atoms with E-state index in [-0.39, 0.29) is 6.54 Å². The van der Waals surface area contributed by atoms with Crippen LogP contribution in [0.2, 0.25) is 0 Å². The molecule has 1 aliphatic rings. The quantitative estimate of drug-likeness (QED) is 0.521. The predicted octanol–water partition coefficient (Wildman–Crippen LogP) is -0.537. The number of aliphatic carboxylic acids is 1. The average Bonchev–Trinajstić information content (AvgIpc) is 2.42. The van der Waals surface area contributed by atoms with Crippen LogP contribution in [-0.2, 0) is 4.79 Å². The molecule has 0 aromatic heterocycles. The molecular formula is C12H23N3O4. The summed E-state index contributed by atoms with van der Waals surface area (Å²) in [4.78, 5) is 24.1. The highest BCUT2D eigenvalue weighted by Crippen LogP contribution is 2.15. The molecule has 0 aliphatic carbocycles. The van der Waals surface area contributed by atoms with Gasteiger partial charge in [0.05, 0.1) is 6.54 Å². The zero-order chi connectivity index (χ0) is 14.3. The number of carbonyl (C=O) groups is 2. The van der Waals surface area contributed by atoms with Gasteiger partial charge in [-0.1, -0.05) is 6.92 Å². The van der Waals surface area contributed by atoms with Crippen LogP contribution >= 0.6 is 0 Å². The Hall–Kier alpha value is -1.34. The van der Waals surface area contributed by atoms with Gasteiger partial charge in [0.15, 0.2) is 6.10 Å².